The first kappa shape index (κ1) is 8.17. The van der Waals surface area contributed by atoms with Gasteiger partial charge in [0.1, 0.15) is 0 Å². The summed E-state index contributed by atoms with van der Waals surface area (Å²) < 4.78 is 0. The lowest BCUT2D eigenvalue weighted by Crippen LogP contribution is -2.32. The molecule has 0 radical (unpaired) electrons. The van der Waals surface area contributed by atoms with Crippen LogP contribution < -0.4 is 11.1 Å². The fourth-order valence-electron chi connectivity index (χ4n) is 1.69. The first-order valence-corrected chi connectivity index (χ1v) is 4.44. The Balaban J connectivity index is 2.55. The molecule has 2 nitrogen and oxygen atoms in total. The molecule has 1 aromatic carbocycles. The zero-order valence-electron chi connectivity index (χ0n) is 7.96. The van der Waals surface area contributed by atoms with Crippen molar-refractivity contribution in [3.05, 3.63) is 35.9 Å². The van der Waals surface area contributed by atoms with Crippen LogP contribution in [0.25, 0.3) is 5.70 Å². The molecule has 0 saturated carbocycles. The summed E-state index contributed by atoms with van der Waals surface area (Å²) in [6.07, 6.45) is 2.05. The van der Waals surface area contributed by atoms with Gasteiger partial charge < -0.3 is 11.1 Å². The Morgan fingerprint density at radius 3 is 2.69 bits per heavy atom. The second-order valence-corrected chi connectivity index (χ2v) is 3.99. The number of fused-ring (bicyclic) bond motifs is 1. The summed E-state index contributed by atoms with van der Waals surface area (Å²) in [7, 11) is 0. The predicted octanol–water partition coefficient (Wildman–Crippen LogP) is 2.19. The van der Waals surface area contributed by atoms with Crippen LogP contribution in [0.2, 0.25) is 0 Å². The van der Waals surface area contributed by atoms with Gasteiger partial charge in [-0.25, -0.2) is 0 Å². The van der Waals surface area contributed by atoms with Crippen LogP contribution in [-0.4, -0.2) is 5.54 Å². The van der Waals surface area contributed by atoms with Gasteiger partial charge in [-0.2, -0.15) is 0 Å². The van der Waals surface area contributed by atoms with Gasteiger partial charge in [0.15, 0.2) is 0 Å². The van der Waals surface area contributed by atoms with Crippen LogP contribution in [0.3, 0.4) is 0 Å². The van der Waals surface area contributed by atoms with Gasteiger partial charge in [-0.15, -0.1) is 0 Å². The molecule has 0 aliphatic carbocycles. The number of benzene rings is 1. The second kappa shape index (κ2) is 2.52. The van der Waals surface area contributed by atoms with Crippen molar-refractivity contribution < 1.29 is 0 Å². The van der Waals surface area contributed by atoms with E-state index in [2.05, 4.69) is 31.3 Å². The van der Waals surface area contributed by atoms with Crippen molar-refractivity contribution in [1.82, 2.24) is 0 Å². The fraction of sp³-hybridized carbons (Fsp3) is 0.273. The minimum Gasteiger partial charge on any atom is -0.398 e. The Kier molecular flexibility index (Phi) is 1.59. The standard InChI is InChI=1S/C11H14N2/c1-11(2)7-9(12)8-5-3-4-6-10(8)13-11/h3-7,13H,12H2,1-2H3. The monoisotopic (exact) mass is 174 g/mol. The van der Waals surface area contributed by atoms with E-state index in [4.69, 9.17) is 5.73 Å². The number of hydrogen-bond acceptors (Lipinski definition) is 2. The molecule has 0 saturated heterocycles. The lowest BCUT2D eigenvalue weighted by Gasteiger charge is -2.30. The highest BCUT2D eigenvalue weighted by Crippen LogP contribution is 2.30. The summed E-state index contributed by atoms with van der Waals surface area (Å²) in [4.78, 5) is 0. The van der Waals surface area contributed by atoms with E-state index in [1.165, 1.54) is 0 Å². The van der Waals surface area contributed by atoms with Gasteiger partial charge in [-0.3, -0.25) is 0 Å². The summed E-state index contributed by atoms with van der Waals surface area (Å²) in [5.74, 6) is 0. The molecule has 1 aromatic rings. The normalized spacial score (nSPS) is 18.5. The third kappa shape index (κ3) is 1.39. The molecule has 0 amide bonds. The van der Waals surface area contributed by atoms with Crippen molar-refractivity contribution in [3.8, 4) is 0 Å². The molecule has 0 spiro atoms. The molecule has 0 unspecified atom stereocenters. The molecule has 0 aromatic heterocycles. The van der Waals surface area contributed by atoms with E-state index in [9.17, 15) is 0 Å². The average Bonchev–Trinajstić information content (AvgIpc) is 2.02. The highest BCUT2D eigenvalue weighted by atomic mass is 15.0. The third-order valence-electron chi connectivity index (χ3n) is 2.21. The van der Waals surface area contributed by atoms with E-state index in [1.54, 1.807) is 0 Å². The number of nitrogens with one attached hydrogen (secondary N) is 1. The lowest BCUT2D eigenvalue weighted by molar-refractivity contribution is 0.707. The lowest BCUT2D eigenvalue weighted by atomic mass is 9.95. The van der Waals surface area contributed by atoms with Gasteiger partial charge in [-0.05, 0) is 26.0 Å². The Morgan fingerprint density at radius 2 is 1.92 bits per heavy atom. The average molecular weight is 174 g/mol. The molecule has 1 heterocycles. The minimum absolute atomic E-state index is 0.0432. The van der Waals surface area contributed by atoms with E-state index in [0.717, 1.165) is 16.9 Å². The molecule has 2 heteroatoms. The molecule has 0 atom stereocenters. The van der Waals surface area contributed by atoms with Crippen LogP contribution in [0.1, 0.15) is 19.4 Å². The van der Waals surface area contributed by atoms with E-state index in [-0.39, 0.29) is 5.54 Å². The van der Waals surface area contributed by atoms with Crippen molar-refractivity contribution in [2.45, 2.75) is 19.4 Å². The molecular formula is C11H14N2. The minimum atomic E-state index is -0.0432. The van der Waals surface area contributed by atoms with E-state index < -0.39 is 0 Å². The maximum absolute atomic E-state index is 5.94. The molecule has 1 aliphatic heterocycles. The predicted molar refractivity (Wildman–Crippen MR) is 56.3 cm³/mol. The van der Waals surface area contributed by atoms with E-state index in [0.29, 0.717) is 0 Å². The van der Waals surface area contributed by atoms with Gasteiger partial charge in [-0.1, -0.05) is 18.2 Å². The summed E-state index contributed by atoms with van der Waals surface area (Å²) in [5, 5.41) is 3.41. The van der Waals surface area contributed by atoms with Gasteiger partial charge in [0.05, 0.1) is 5.54 Å². The van der Waals surface area contributed by atoms with Gasteiger partial charge in [0.2, 0.25) is 0 Å². The highest BCUT2D eigenvalue weighted by Gasteiger charge is 2.21. The van der Waals surface area contributed by atoms with Crippen LogP contribution >= 0.6 is 0 Å². The third-order valence-corrected chi connectivity index (χ3v) is 2.21. The molecule has 0 fully saturated rings. The van der Waals surface area contributed by atoms with Crippen LogP contribution in [0, 0.1) is 0 Å². The van der Waals surface area contributed by atoms with E-state index in [1.807, 2.05) is 18.2 Å². The number of para-hydroxylation sites is 1. The molecule has 0 bridgehead atoms. The molecule has 2 rings (SSSR count). The first-order valence-electron chi connectivity index (χ1n) is 4.44. The number of nitrogens with two attached hydrogens (primary N) is 1. The fourth-order valence-corrected chi connectivity index (χ4v) is 1.69. The van der Waals surface area contributed by atoms with Crippen LogP contribution in [0.5, 0.6) is 0 Å². The van der Waals surface area contributed by atoms with Gasteiger partial charge in [0, 0.05) is 16.9 Å². The summed E-state index contributed by atoms with van der Waals surface area (Å²) in [6.45, 7) is 4.21. The maximum Gasteiger partial charge on any atom is 0.0523 e. The van der Waals surface area contributed by atoms with Crippen molar-refractivity contribution in [2.75, 3.05) is 5.32 Å². The number of rotatable bonds is 0. The highest BCUT2D eigenvalue weighted by molar-refractivity contribution is 5.79. The summed E-state index contributed by atoms with van der Waals surface area (Å²) in [6, 6.07) is 8.10. The van der Waals surface area contributed by atoms with Crippen LogP contribution in [0.15, 0.2) is 30.3 Å². The Labute approximate surface area is 78.5 Å². The number of hydrogen-bond donors (Lipinski definition) is 2. The summed E-state index contributed by atoms with van der Waals surface area (Å²) >= 11 is 0. The van der Waals surface area contributed by atoms with Gasteiger partial charge in [0.25, 0.3) is 0 Å². The van der Waals surface area contributed by atoms with Crippen molar-refractivity contribution in [1.29, 1.82) is 0 Å². The maximum atomic E-state index is 5.94. The Hall–Kier alpha value is -1.44. The first-order chi connectivity index (χ1) is 6.08. The zero-order chi connectivity index (χ0) is 9.47. The van der Waals surface area contributed by atoms with E-state index >= 15 is 0 Å². The molecule has 13 heavy (non-hydrogen) atoms. The SMILES string of the molecule is CC1(C)C=C(N)c2ccccc2N1. The van der Waals surface area contributed by atoms with Crippen LogP contribution in [-0.2, 0) is 0 Å². The number of anilines is 1. The van der Waals surface area contributed by atoms with Crippen molar-refractivity contribution in [3.63, 3.8) is 0 Å². The molecule has 68 valence electrons. The zero-order valence-corrected chi connectivity index (χ0v) is 7.96. The smallest absolute Gasteiger partial charge is 0.0523 e. The van der Waals surface area contributed by atoms with Crippen molar-refractivity contribution >= 4 is 11.4 Å². The molecule has 3 N–H and O–H groups in total. The van der Waals surface area contributed by atoms with Crippen molar-refractivity contribution in [2.24, 2.45) is 5.73 Å². The van der Waals surface area contributed by atoms with Crippen LogP contribution in [0.4, 0.5) is 5.69 Å². The quantitative estimate of drug-likeness (QED) is 0.632. The topological polar surface area (TPSA) is 38.0 Å². The Bertz CT molecular complexity index is 364. The van der Waals surface area contributed by atoms with Gasteiger partial charge >= 0.3 is 0 Å². The molecule has 1 aliphatic rings. The molecular weight excluding hydrogens is 160 g/mol. The largest absolute Gasteiger partial charge is 0.398 e. The Morgan fingerprint density at radius 1 is 1.23 bits per heavy atom. The second-order valence-electron chi connectivity index (χ2n) is 3.99. The summed E-state index contributed by atoms with van der Waals surface area (Å²) in [5.41, 5.74) is 8.98.